The molecule has 0 saturated heterocycles. The van der Waals surface area contributed by atoms with Gasteiger partial charge in [0.05, 0.1) is 13.2 Å². The molecule has 0 N–H and O–H groups in total. The first-order chi connectivity index (χ1) is 8.24. The van der Waals surface area contributed by atoms with Gasteiger partial charge in [0.25, 0.3) is 0 Å². The van der Waals surface area contributed by atoms with Gasteiger partial charge in [0.1, 0.15) is 29.7 Å². The van der Waals surface area contributed by atoms with E-state index in [1.165, 1.54) is 0 Å². The Morgan fingerprint density at radius 3 is 1.76 bits per heavy atom. The van der Waals surface area contributed by atoms with E-state index in [0.717, 1.165) is 22.9 Å². The molecule has 0 saturated carbocycles. The van der Waals surface area contributed by atoms with Crippen LogP contribution in [0.5, 0.6) is 0 Å². The smallest absolute Gasteiger partial charge is 0.147 e. The van der Waals surface area contributed by atoms with Crippen LogP contribution in [0.4, 0.5) is 0 Å². The van der Waals surface area contributed by atoms with Gasteiger partial charge in [-0.1, -0.05) is 10.3 Å². The molecule has 6 nitrogen and oxygen atoms in total. The maximum Gasteiger partial charge on any atom is 0.147 e. The van der Waals surface area contributed by atoms with Crippen molar-refractivity contribution in [2.75, 3.05) is 6.79 Å². The molecule has 17 heavy (non-hydrogen) atoms. The Hall–Kier alpha value is -1.66. The van der Waals surface area contributed by atoms with E-state index in [1.807, 2.05) is 26.0 Å². The molecule has 0 bridgehead atoms. The molecule has 0 spiro atoms. The third kappa shape index (κ3) is 3.69. The molecule has 0 fully saturated rings. The predicted octanol–water partition coefficient (Wildman–Crippen LogP) is 1.97. The number of ether oxygens (including phenoxy) is 2. The molecule has 2 aromatic heterocycles. The lowest BCUT2D eigenvalue weighted by molar-refractivity contribution is -0.0714. The first-order valence-corrected chi connectivity index (χ1v) is 5.24. The van der Waals surface area contributed by atoms with E-state index in [-0.39, 0.29) is 6.79 Å². The third-order valence-corrected chi connectivity index (χ3v) is 2.02. The van der Waals surface area contributed by atoms with Crippen molar-refractivity contribution >= 4 is 0 Å². The molecule has 6 heteroatoms. The van der Waals surface area contributed by atoms with E-state index < -0.39 is 0 Å². The topological polar surface area (TPSA) is 70.5 Å². The van der Waals surface area contributed by atoms with Gasteiger partial charge in [-0.05, 0) is 13.8 Å². The van der Waals surface area contributed by atoms with Crippen LogP contribution in [0.2, 0.25) is 0 Å². The second-order valence-corrected chi connectivity index (χ2v) is 3.67. The second-order valence-electron chi connectivity index (χ2n) is 3.67. The standard InChI is InChI=1S/C11H14N2O4/c1-8-3-10(12-16-8)5-14-7-15-6-11-4-9(2)17-13-11/h3-4H,5-7H2,1-2H3. The van der Waals surface area contributed by atoms with Gasteiger partial charge in [-0.15, -0.1) is 0 Å². The number of hydrogen-bond acceptors (Lipinski definition) is 6. The summed E-state index contributed by atoms with van der Waals surface area (Å²) in [6.45, 7) is 4.59. The summed E-state index contributed by atoms with van der Waals surface area (Å²) in [6, 6.07) is 3.64. The molecule has 0 aromatic carbocycles. The Kier molecular flexibility index (Phi) is 3.89. The highest BCUT2D eigenvalue weighted by Gasteiger charge is 2.02. The molecular weight excluding hydrogens is 224 g/mol. The van der Waals surface area contributed by atoms with E-state index in [2.05, 4.69) is 10.3 Å². The van der Waals surface area contributed by atoms with Gasteiger partial charge in [0.2, 0.25) is 0 Å². The monoisotopic (exact) mass is 238 g/mol. The molecule has 0 unspecified atom stereocenters. The number of hydrogen-bond donors (Lipinski definition) is 0. The SMILES string of the molecule is Cc1cc(COCOCc2cc(C)on2)no1. The van der Waals surface area contributed by atoms with Crippen LogP contribution in [0.1, 0.15) is 22.9 Å². The minimum Gasteiger partial charge on any atom is -0.361 e. The second kappa shape index (κ2) is 5.60. The molecule has 0 radical (unpaired) electrons. The zero-order valence-corrected chi connectivity index (χ0v) is 9.80. The van der Waals surface area contributed by atoms with Crippen LogP contribution < -0.4 is 0 Å². The maximum atomic E-state index is 5.26. The summed E-state index contributed by atoms with van der Waals surface area (Å²) in [5.41, 5.74) is 1.51. The molecule has 2 aromatic rings. The van der Waals surface area contributed by atoms with E-state index in [4.69, 9.17) is 18.5 Å². The highest BCUT2D eigenvalue weighted by Crippen LogP contribution is 2.05. The van der Waals surface area contributed by atoms with Crippen molar-refractivity contribution in [3.8, 4) is 0 Å². The molecule has 0 aliphatic carbocycles. The van der Waals surface area contributed by atoms with Crippen LogP contribution in [0.3, 0.4) is 0 Å². The van der Waals surface area contributed by atoms with Crippen LogP contribution in [0, 0.1) is 13.8 Å². The highest BCUT2D eigenvalue weighted by molar-refractivity contribution is 5.02. The van der Waals surface area contributed by atoms with E-state index in [1.54, 1.807) is 0 Å². The van der Waals surface area contributed by atoms with E-state index in [0.29, 0.717) is 13.2 Å². The van der Waals surface area contributed by atoms with Crippen LogP contribution in [0.25, 0.3) is 0 Å². The number of aryl methyl sites for hydroxylation is 2. The summed E-state index contributed by atoms with van der Waals surface area (Å²) in [4.78, 5) is 0. The molecule has 0 aliphatic heterocycles. The molecule has 0 amide bonds. The fourth-order valence-electron chi connectivity index (χ4n) is 1.32. The van der Waals surface area contributed by atoms with Crippen LogP contribution in [-0.4, -0.2) is 17.1 Å². The number of aromatic nitrogens is 2. The lowest BCUT2D eigenvalue weighted by atomic mass is 10.4. The van der Waals surface area contributed by atoms with Crippen molar-refractivity contribution < 1.29 is 18.5 Å². The highest BCUT2D eigenvalue weighted by atomic mass is 16.7. The summed E-state index contributed by atoms with van der Waals surface area (Å²) < 4.78 is 20.3. The fraction of sp³-hybridized carbons (Fsp3) is 0.455. The van der Waals surface area contributed by atoms with Gasteiger partial charge in [-0.3, -0.25) is 0 Å². The predicted molar refractivity (Wildman–Crippen MR) is 56.9 cm³/mol. The summed E-state index contributed by atoms with van der Waals surface area (Å²) in [5, 5.41) is 7.58. The van der Waals surface area contributed by atoms with Gasteiger partial charge in [-0.2, -0.15) is 0 Å². The first kappa shape index (κ1) is 11.8. The van der Waals surface area contributed by atoms with E-state index in [9.17, 15) is 0 Å². The molecule has 0 atom stereocenters. The Labute approximate surface area is 98.5 Å². The van der Waals surface area contributed by atoms with Crippen LogP contribution >= 0.6 is 0 Å². The molecular formula is C11H14N2O4. The largest absolute Gasteiger partial charge is 0.361 e. The maximum absolute atomic E-state index is 5.26. The van der Waals surface area contributed by atoms with Crippen LogP contribution in [-0.2, 0) is 22.7 Å². The Balaban J connectivity index is 1.60. The van der Waals surface area contributed by atoms with Crippen molar-refractivity contribution in [2.24, 2.45) is 0 Å². The zero-order chi connectivity index (χ0) is 12.1. The van der Waals surface area contributed by atoms with Crippen molar-refractivity contribution in [3.63, 3.8) is 0 Å². The van der Waals surface area contributed by atoms with Crippen LogP contribution in [0.15, 0.2) is 21.2 Å². The van der Waals surface area contributed by atoms with Gasteiger partial charge >= 0.3 is 0 Å². The molecule has 2 heterocycles. The zero-order valence-electron chi connectivity index (χ0n) is 9.80. The first-order valence-electron chi connectivity index (χ1n) is 5.24. The Morgan fingerprint density at radius 2 is 1.41 bits per heavy atom. The Bertz CT molecular complexity index is 421. The van der Waals surface area contributed by atoms with Crippen molar-refractivity contribution in [1.82, 2.24) is 10.3 Å². The fourth-order valence-corrected chi connectivity index (χ4v) is 1.32. The lowest BCUT2D eigenvalue weighted by Gasteiger charge is -2.01. The van der Waals surface area contributed by atoms with Crippen molar-refractivity contribution in [1.29, 1.82) is 0 Å². The van der Waals surface area contributed by atoms with Gasteiger partial charge in [0, 0.05) is 12.1 Å². The summed E-state index contributed by atoms with van der Waals surface area (Å²) >= 11 is 0. The van der Waals surface area contributed by atoms with Gasteiger partial charge in [-0.25, -0.2) is 0 Å². The number of nitrogens with zero attached hydrogens (tertiary/aromatic N) is 2. The van der Waals surface area contributed by atoms with E-state index >= 15 is 0 Å². The lowest BCUT2D eigenvalue weighted by Crippen LogP contribution is -2.01. The minimum absolute atomic E-state index is 0.178. The van der Waals surface area contributed by atoms with Crippen molar-refractivity contribution in [2.45, 2.75) is 27.1 Å². The summed E-state index contributed by atoms with van der Waals surface area (Å²) in [5.74, 6) is 1.53. The molecule has 2 rings (SSSR count). The quantitative estimate of drug-likeness (QED) is 0.566. The molecule has 92 valence electrons. The third-order valence-electron chi connectivity index (χ3n) is 2.02. The summed E-state index contributed by atoms with van der Waals surface area (Å²) in [7, 11) is 0. The van der Waals surface area contributed by atoms with Gasteiger partial charge in [0.15, 0.2) is 0 Å². The van der Waals surface area contributed by atoms with Crippen molar-refractivity contribution in [3.05, 3.63) is 35.0 Å². The summed E-state index contributed by atoms with van der Waals surface area (Å²) in [6.07, 6.45) is 0. The average Bonchev–Trinajstić information content (AvgIpc) is 2.88. The average molecular weight is 238 g/mol. The number of rotatable bonds is 6. The normalized spacial score (nSPS) is 10.9. The Morgan fingerprint density at radius 1 is 0.941 bits per heavy atom. The molecule has 0 aliphatic rings. The van der Waals surface area contributed by atoms with Gasteiger partial charge < -0.3 is 18.5 Å². The minimum atomic E-state index is 0.178.